The lowest BCUT2D eigenvalue weighted by Crippen LogP contribution is -2.39. The first-order valence-electron chi connectivity index (χ1n) is 17.4. The molecule has 0 unspecified atom stereocenters. The Hall–Kier alpha value is -3.26. The lowest BCUT2D eigenvalue weighted by molar-refractivity contribution is -0.133. The van der Waals surface area contributed by atoms with Gasteiger partial charge in [-0.2, -0.15) is 0 Å². The smallest absolute Gasteiger partial charge is 0.243 e. The third-order valence-electron chi connectivity index (χ3n) is 9.59. The minimum absolute atomic E-state index is 0.0607. The molecule has 50 heavy (non-hydrogen) atoms. The summed E-state index contributed by atoms with van der Waals surface area (Å²) >= 11 is 12.1. The quantitative estimate of drug-likeness (QED) is 0.111. The lowest BCUT2D eigenvalue weighted by Gasteiger charge is -2.32. The van der Waals surface area contributed by atoms with E-state index in [4.69, 9.17) is 45.1 Å². The van der Waals surface area contributed by atoms with Gasteiger partial charge in [0, 0.05) is 74.0 Å². The zero-order valence-corrected chi connectivity index (χ0v) is 30.1. The van der Waals surface area contributed by atoms with Crippen molar-refractivity contribution in [2.45, 2.75) is 89.1 Å². The fourth-order valence-corrected chi connectivity index (χ4v) is 7.01. The number of carbonyl (C=O) groups is 4. The molecule has 2 aromatic carbocycles. The van der Waals surface area contributed by atoms with Crippen molar-refractivity contribution in [1.82, 2.24) is 20.8 Å². The zero-order valence-electron chi connectivity index (χ0n) is 28.6. The summed E-state index contributed by atoms with van der Waals surface area (Å²) in [4.78, 5) is 50.7. The molecule has 2 heterocycles. The van der Waals surface area contributed by atoms with E-state index in [2.05, 4.69) is 0 Å². The van der Waals surface area contributed by atoms with Crippen molar-refractivity contribution in [1.29, 1.82) is 0 Å². The first kappa shape index (κ1) is 41.2. The van der Waals surface area contributed by atoms with Gasteiger partial charge >= 0.3 is 0 Å². The lowest BCUT2D eigenvalue weighted by atomic mass is 9.91. The molecule has 14 heteroatoms. The van der Waals surface area contributed by atoms with Crippen LogP contribution < -0.4 is 22.4 Å². The number of nitrogens with one attached hydrogen (secondary N) is 2. The summed E-state index contributed by atoms with van der Waals surface area (Å²) in [6, 6.07) is 13.9. The largest absolute Gasteiger partial charge is 0.343 e. The maximum absolute atomic E-state index is 12.5. The van der Waals surface area contributed by atoms with Crippen LogP contribution in [0.25, 0.3) is 0 Å². The molecule has 2 saturated heterocycles. The monoisotopic (exact) mass is 734 g/mol. The third-order valence-corrected chi connectivity index (χ3v) is 10.2. The SMILES string of the molecule is N[C@@H](CC(=O)N1CCC(CCCC(=O)NO)CC1)c1cccc(Cl)c1.N[C@@H](CC(=O)N1CCC(CCCC(=O)NO)CC1)c1ccccc1Cl. The Morgan fingerprint density at radius 3 is 1.66 bits per heavy atom. The number of nitrogens with two attached hydrogens (primary N) is 2. The van der Waals surface area contributed by atoms with Gasteiger partial charge < -0.3 is 21.3 Å². The summed E-state index contributed by atoms with van der Waals surface area (Å²) in [5.74, 6) is 0.491. The van der Waals surface area contributed by atoms with Crippen LogP contribution in [0.2, 0.25) is 10.0 Å². The van der Waals surface area contributed by atoms with E-state index in [1.165, 1.54) is 0 Å². The summed E-state index contributed by atoms with van der Waals surface area (Å²) in [7, 11) is 0. The molecule has 0 aromatic heterocycles. The Balaban J connectivity index is 0.000000270. The number of rotatable bonds is 14. The van der Waals surface area contributed by atoms with E-state index in [1.54, 1.807) is 29.2 Å². The molecule has 2 aliphatic heterocycles. The number of hydroxylamine groups is 2. The van der Waals surface area contributed by atoms with Crippen LogP contribution in [0.15, 0.2) is 48.5 Å². The molecule has 0 bridgehead atoms. The fraction of sp³-hybridized carbons (Fsp3) is 0.556. The summed E-state index contributed by atoms with van der Waals surface area (Å²) in [6.07, 6.45) is 8.36. The van der Waals surface area contributed by atoms with E-state index in [-0.39, 0.29) is 42.5 Å². The van der Waals surface area contributed by atoms with Crippen LogP contribution >= 0.6 is 23.2 Å². The fourth-order valence-electron chi connectivity index (χ4n) is 6.53. The molecule has 0 spiro atoms. The average molecular weight is 736 g/mol. The van der Waals surface area contributed by atoms with Crippen LogP contribution in [0.3, 0.4) is 0 Å². The van der Waals surface area contributed by atoms with E-state index >= 15 is 0 Å². The summed E-state index contributed by atoms with van der Waals surface area (Å²) in [6.45, 7) is 2.92. The third kappa shape index (κ3) is 14.2. The molecule has 2 aromatic rings. The number of likely N-dealkylation sites (tertiary alicyclic amines) is 2. The highest BCUT2D eigenvalue weighted by Crippen LogP contribution is 2.27. The second kappa shape index (κ2) is 21.8. The van der Waals surface area contributed by atoms with Crippen molar-refractivity contribution in [3.8, 4) is 0 Å². The Kier molecular flexibility index (Phi) is 18.0. The number of hydrogen-bond acceptors (Lipinski definition) is 8. The van der Waals surface area contributed by atoms with Gasteiger partial charge in [-0.05, 0) is 92.5 Å². The second-order valence-electron chi connectivity index (χ2n) is 13.2. The van der Waals surface area contributed by atoms with E-state index in [0.717, 1.165) is 88.7 Å². The number of halogens is 2. The highest BCUT2D eigenvalue weighted by atomic mass is 35.5. The molecular weight excluding hydrogens is 683 g/mol. The van der Waals surface area contributed by atoms with Crippen LogP contribution in [-0.2, 0) is 19.2 Å². The Morgan fingerprint density at radius 2 is 1.20 bits per heavy atom. The molecule has 2 atom stereocenters. The van der Waals surface area contributed by atoms with Crippen molar-refractivity contribution in [2.75, 3.05) is 26.2 Å². The van der Waals surface area contributed by atoms with Crippen LogP contribution in [0.1, 0.15) is 100 Å². The van der Waals surface area contributed by atoms with Crippen molar-refractivity contribution < 1.29 is 29.6 Å². The van der Waals surface area contributed by atoms with Gasteiger partial charge in [0.2, 0.25) is 23.6 Å². The molecule has 276 valence electrons. The minimum Gasteiger partial charge on any atom is -0.343 e. The number of carbonyl (C=O) groups excluding carboxylic acids is 4. The van der Waals surface area contributed by atoms with Gasteiger partial charge in [0.1, 0.15) is 0 Å². The molecule has 0 saturated carbocycles. The van der Waals surface area contributed by atoms with Gasteiger partial charge in [-0.15, -0.1) is 0 Å². The molecule has 4 amide bonds. The van der Waals surface area contributed by atoms with Crippen LogP contribution in [0.5, 0.6) is 0 Å². The minimum atomic E-state index is -0.393. The first-order chi connectivity index (χ1) is 24.0. The van der Waals surface area contributed by atoms with Crippen LogP contribution in [-0.4, -0.2) is 70.0 Å². The van der Waals surface area contributed by atoms with Gasteiger partial charge in [0.05, 0.1) is 0 Å². The van der Waals surface area contributed by atoms with Gasteiger partial charge in [-0.3, -0.25) is 29.6 Å². The van der Waals surface area contributed by atoms with Crippen molar-refractivity contribution in [3.05, 3.63) is 69.7 Å². The molecule has 0 radical (unpaired) electrons. The predicted octanol–water partition coefficient (Wildman–Crippen LogP) is 5.29. The number of amides is 4. The van der Waals surface area contributed by atoms with E-state index < -0.39 is 6.04 Å². The topological polar surface area (TPSA) is 191 Å². The normalized spacial score (nSPS) is 16.5. The van der Waals surface area contributed by atoms with Gasteiger partial charge in [-0.25, -0.2) is 11.0 Å². The van der Waals surface area contributed by atoms with Gasteiger partial charge in [0.15, 0.2) is 0 Å². The Labute approximate surface area is 304 Å². The molecule has 2 fully saturated rings. The van der Waals surface area contributed by atoms with Gasteiger partial charge in [-0.1, -0.05) is 53.5 Å². The highest BCUT2D eigenvalue weighted by molar-refractivity contribution is 6.31. The van der Waals surface area contributed by atoms with Crippen molar-refractivity contribution >= 4 is 46.8 Å². The highest BCUT2D eigenvalue weighted by Gasteiger charge is 2.26. The van der Waals surface area contributed by atoms with E-state index in [9.17, 15) is 19.2 Å². The first-order valence-corrected chi connectivity index (χ1v) is 18.2. The number of benzene rings is 2. The Bertz CT molecular complexity index is 1380. The summed E-state index contributed by atoms with van der Waals surface area (Å²) < 4.78 is 0. The van der Waals surface area contributed by atoms with Crippen molar-refractivity contribution in [2.24, 2.45) is 23.3 Å². The van der Waals surface area contributed by atoms with Gasteiger partial charge in [0.25, 0.3) is 0 Å². The maximum atomic E-state index is 12.5. The molecule has 8 N–H and O–H groups in total. The van der Waals surface area contributed by atoms with Crippen molar-refractivity contribution in [3.63, 3.8) is 0 Å². The summed E-state index contributed by atoms with van der Waals surface area (Å²) in [5, 5.41) is 18.2. The number of piperidine rings is 2. The molecular formula is C36H52Cl2N6O6. The number of hydrogen-bond donors (Lipinski definition) is 6. The standard InChI is InChI=1S/2C18H26ClN3O3/c19-15-5-2-4-14(11-15)16(20)12-18(24)22-9-7-13(8-10-22)3-1-6-17(23)21-25;19-15-6-2-1-5-14(15)16(20)12-18(24)22-10-8-13(9-11-22)4-3-7-17(23)21-25/h2,4-5,11,13,16,25H,1,3,6-10,12,20H2,(H,21,23);1-2,5-6,13,16,25H,3-4,7-12,20H2,(H,21,23)/t2*16-/m00/s1. The van der Waals surface area contributed by atoms with Crippen LogP contribution in [0.4, 0.5) is 0 Å². The molecule has 12 nitrogen and oxygen atoms in total. The van der Waals surface area contributed by atoms with E-state index in [0.29, 0.717) is 34.7 Å². The predicted molar refractivity (Wildman–Crippen MR) is 192 cm³/mol. The molecule has 4 rings (SSSR count). The average Bonchev–Trinajstić information content (AvgIpc) is 3.12. The van der Waals surface area contributed by atoms with E-state index in [1.807, 2.05) is 40.1 Å². The zero-order chi connectivity index (χ0) is 36.5. The Morgan fingerprint density at radius 1 is 0.720 bits per heavy atom. The number of nitrogens with zero attached hydrogens (tertiary/aromatic N) is 2. The second-order valence-corrected chi connectivity index (χ2v) is 14.0. The molecule has 2 aliphatic rings. The maximum Gasteiger partial charge on any atom is 0.243 e. The molecule has 0 aliphatic carbocycles. The van der Waals surface area contributed by atoms with Crippen LogP contribution in [0, 0.1) is 11.8 Å². The summed E-state index contributed by atoms with van der Waals surface area (Å²) in [5.41, 5.74) is 17.3.